The smallest absolute Gasteiger partial charge is 0.377 e. The van der Waals surface area contributed by atoms with Crippen LogP contribution in [0.1, 0.15) is 6.92 Å². The van der Waals surface area contributed by atoms with Crippen LogP contribution in [0.5, 0.6) is 0 Å². The average molecular weight is 218 g/mol. The molecule has 0 aromatic heterocycles. The van der Waals surface area contributed by atoms with Gasteiger partial charge in [-0.3, -0.25) is 4.79 Å². The van der Waals surface area contributed by atoms with Crippen LogP contribution in [-0.4, -0.2) is 46.1 Å². The predicted molar refractivity (Wildman–Crippen MR) is 44.8 cm³/mol. The van der Waals surface area contributed by atoms with Gasteiger partial charge < -0.3 is 24.8 Å². The van der Waals surface area contributed by atoms with Gasteiger partial charge in [0.1, 0.15) is 12.7 Å². The summed E-state index contributed by atoms with van der Waals surface area (Å²) in [6, 6.07) is 0. The monoisotopic (exact) mass is 218 g/mol. The van der Waals surface area contributed by atoms with Gasteiger partial charge in [-0.25, -0.2) is 4.79 Å². The molecule has 0 saturated carbocycles. The Balaban J connectivity index is 2.59. The molecule has 0 aromatic rings. The molecular weight excluding hydrogens is 208 g/mol. The zero-order chi connectivity index (χ0) is 11.6. The number of cyclic esters (lactones) is 1. The Hall–Kier alpha value is -1.76. The highest BCUT2D eigenvalue weighted by Crippen LogP contribution is 2.21. The second-order valence-electron chi connectivity index (χ2n) is 2.93. The molecule has 0 aliphatic carbocycles. The molecule has 0 spiro atoms. The Bertz CT molecular complexity index is 319. The number of aliphatic hydroxyl groups is 3. The average Bonchev–Trinajstić information content (AvgIpc) is 2.42. The summed E-state index contributed by atoms with van der Waals surface area (Å²) < 4.78 is 8.86. The van der Waals surface area contributed by atoms with Crippen molar-refractivity contribution in [3.63, 3.8) is 0 Å². The van der Waals surface area contributed by atoms with Gasteiger partial charge in [0, 0.05) is 6.92 Å². The van der Waals surface area contributed by atoms with E-state index in [4.69, 9.17) is 10.2 Å². The van der Waals surface area contributed by atoms with Gasteiger partial charge in [-0.15, -0.1) is 0 Å². The van der Waals surface area contributed by atoms with Gasteiger partial charge in [0.15, 0.2) is 11.9 Å². The molecule has 0 unspecified atom stereocenters. The minimum absolute atomic E-state index is 0.440. The predicted octanol–water partition coefficient (Wildman–Crippen LogP) is -0.837. The first-order valence-electron chi connectivity index (χ1n) is 4.08. The van der Waals surface area contributed by atoms with Crippen LogP contribution in [-0.2, 0) is 19.1 Å². The van der Waals surface area contributed by atoms with E-state index in [0.717, 1.165) is 6.92 Å². The third-order valence-electron chi connectivity index (χ3n) is 1.75. The Morgan fingerprint density at radius 1 is 1.60 bits per heavy atom. The summed E-state index contributed by atoms with van der Waals surface area (Å²) in [6.07, 6.45) is -2.81. The molecule has 1 aliphatic rings. The lowest BCUT2D eigenvalue weighted by molar-refractivity contribution is -0.153. The van der Waals surface area contributed by atoms with Crippen LogP contribution in [0.25, 0.3) is 0 Å². The maximum Gasteiger partial charge on any atom is 0.377 e. The number of ether oxygens (including phenoxy) is 2. The Labute approximate surface area is 84.5 Å². The van der Waals surface area contributed by atoms with Crippen LogP contribution < -0.4 is 0 Å². The van der Waals surface area contributed by atoms with Crippen LogP contribution in [0.3, 0.4) is 0 Å². The maximum absolute atomic E-state index is 10.7. The highest BCUT2D eigenvalue weighted by molar-refractivity contribution is 5.89. The van der Waals surface area contributed by atoms with E-state index in [1.807, 2.05) is 0 Å². The molecule has 0 saturated heterocycles. The van der Waals surface area contributed by atoms with Crippen molar-refractivity contribution in [2.24, 2.45) is 0 Å². The summed E-state index contributed by atoms with van der Waals surface area (Å²) in [6.45, 7) is 0.700. The fourth-order valence-electron chi connectivity index (χ4n) is 1.02. The van der Waals surface area contributed by atoms with Crippen molar-refractivity contribution in [2.45, 2.75) is 19.1 Å². The first-order valence-corrected chi connectivity index (χ1v) is 4.08. The molecule has 0 radical (unpaired) electrons. The SMILES string of the molecule is CC(=O)OC[C@H](O)[C@H]1OC(=O)C(O)=C1O. The van der Waals surface area contributed by atoms with Crippen LogP contribution in [0, 0.1) is 0 Å². The molecule has 1 rings (SSSR count). The number of carbonyl (C=O) groups is 2. The summed E-state index contributed by atoms with van der Waals surface area (Å²) in [7, 11) is 0. The van der Waals surface area contributed by atoms with Crippen molar-refractivity contribution >= 4 is 11.9 Å². The van der Waals surface area contributed by atoms with E-state index in [0.29, 0.717) is 0 Å². The van der Waals surface area contributed by atoms with Gasteiger partial charge in [0.25, 0.3) is 0 Å². The van der Waals surface area contributed by atoms with Gasteiger partial charge in [0.2, 0.25) is 5.76 Å². The van der Waals surface area contributed by atoms with E-state index in [2.05, 4.69) is 9.47 Å². The molecule has 7 heteroatoms. The molecule has 0 fully saturated rings. The first-order chi connectivity index (χ1) is 6.93. The Kier molecular flexibility index (Phi) is 3.15. The zero-order valence-corrected chi connectivity index (χ0v) is 7.84. The number of hydrogen-bond acceptors (Lipinski definition) is 7. The maximum atomic E-state index is 10.7. The number of aliphatic hydroxyl groups excluding tert-OH is 3. The molecule has 15 heavy (non-hydrogen) atoms. The van der Waals surface area contributed by atoms with Gasteiger partial charge in [-0.1, -0.05) is 0 Å². The van der Waals surface area contributed by atoms with Crippen molar-refractivity contribution in [1.82, 2.24) is 0 Å². The van der Waals surface area contributed by atoms with E-state index in [1.54, 1.807) is 0 Å². The minimum Gasteiger partial charge on any atom is -0.505 e. The molecule has 1 heterocycles. The highest BCUT2D eigenvalue weighted by atomic mass is 16.6. The summed E-state index contributed by atoms with van der Waals surface area (Å²) in [5.74, 6) is -3.45. The van der Waals surface area contributed by atoms with Crippen LogP contribution >= 0.6 is 0 Å². The number of esters is 2. The molecule has 0 amide bonds. The van der Waals surface area contributed by atoms with Gasteiger partial charge >= 0.3 is 11.9 Å². The Morgan fingerprint density at radius 2 is 2.20 bits per heavy atom. The van der Waals surface area contributed by atoms with Gasteiger partial charge in [0.05, 0.1) is 0 Å². The van der Waals surface area contributed by atoms with Crippen molar-refractivity contribution in [1.29, 1.82) is 0 Å². The van der Waals surface area contributed by atoms with Crippen LogP contribution in [0.2, 0.25) is 0 Å². The summed E-state index contributed by atoms with van der Waals surface area (Å²) in [4.78, 5) is 21.1. The zero-order valence-electron chi connectivity index (χ0n) is 7.84. The van der Waals surface area contributed by atoms with E-state index in [9.17, 15) is 14.7 Å². The topological polar surface area (TPSA) is 113 Å². The number of carbonyl (C=O) groups excluding carboxylic acids is 2. The molecule has 7 nitrogen and oxygen atoms in total. The fourth-order valence-corrected chi connectivity index (χ4v) is 1.02. The summed E-state index contributed by atoms with van der Waals surface area (Å²) in [5, 5.41) is 27.4. The summed E-state index contributed by atoms with van der Waals surface area (Å²) in [5.41, 5.74) is 0. The van der Waals surface area contributed by atoms with E-state index < -0.39 is 42.3 Å². The number of rotatable bonds is 3. The highest BCUT2D eigenvalue weighted by Gasteiger charge is 2.39. The van der Waals surface area contributed by atoms with Gasteiger partial charge in [-0.2, -0.15) is 0 Å². The van der Waals surface area contributed by atoms with Crippen molar-refractivity contribution in [3.8, 4) is 0 Å². The normalized spacial score (nSPS) is 22.5. The summed E-state index contributed by atoms with van der Waals surface area (Å²) >= 11 is 0. The quantitative estimate of drug-likeness (QED) is 0.529. The largest absolute Gasteiger partial charge is 0.505 e. The van der Waals surface area contributed by atoms with Crippen molar-refractivity contribution < 1.29 is 34.4 Å². The minimum atomic E-state index is -1.41. The molecule has 1 aliphatic heterocycles. The molecular formula is C8H10O7. The molecule has 3 N–H and O–H groups in total. The lowest BCUT2D eigenvalue weighted by Crippen LogP contribution is -2.33. The Morgan fingerprint density at radius 3 is 2.60 bits per heavy atom. The van der Waals surface area contributed by atoms with Crippen molar-refractivity contribution in [2.75, 3.05) is 6.61 Å². The van der Waals surface area contributed by atoms with Crippen molar-refractivity contribution in [3.05, 3.63) is 11.5 Å². The van der Waals surface area contributed by atoms with E-state index in [-0.39, 0.29) is 0 Å². The van der Waals surface area contributed by atoms with Crippen LogP contribution in [0.4, 0.5) is 0 Å². The first kappa shape index (κ1) is 11.3. The van der Waals surface area contributed by atoms with Crippen LogP contribution in [0.15, 0.2) is 11.5 Å². The fraction of sp³-hybridized carbons (Fsp3) is 0.500. The van der Waals surface area contributed by atoms with Gasteiger partial charge in [-0.05, 0) is 0 Å². The lowest BCUT2D eigenvalue weighted by atomic mass is 10.2. The lowest BCUT2D eigenvalue weighted by Gasteiger charge is -2.16. The molecule has 84 valence electrons. The third kappa shape index (κ3) is 2.38. The number of hydrogen-bond donors (Lipinski definition) is 3. The molecule has 2 atom stereocenters. The van der Waals surface area contributed by atoms with E-state index >= 15 is 0 Å². The molecule has 0 bridgehead atoms. The standard InChI is InChI=1S/C8H10O7/c1-3(9)14-2-4(10)7-5(11)6(12)8(13)15-7/h4,7,10-12H,2H2,1H3/t4-,7+/m0/s1. The second-order valence-corrected chi connectivity index (χ2v) is 2.93. The third-order valence-corrected chi connectivity index (χ3v) is 1.75. The second kappa shape index (κ2) is 4.18. The molecule has 0 aromatic carbocycles. The van der Waals surface area contributed by atoms with E-state index in [1.165, 1.54) is 0 Å².